The molecule has 166 valence electrons. The number of H-pyrrole nitrogens is 1. The Morgan fingerprint density at radius 3 is 2.85 bits per heavy atom. The van der Waals surface area contributed by atoms with Crippen molar-refractivity contribution in [3.63, 3.8) is 0 Å². The van der Waals surface area contributed by atoms with Gasteiger partial charge in [-0.1, -0.05) is 12.1 Å². The molecule has 1 aliphatic heterocycles. The number of carbonyl (C=O) groups excluding carboxylic acids is 1. The van der Waals surface area contributed by atoms with Gasteiger partial charge < -0.3 is 10.3 Å². The Kier molecular flexibility index (Phi) is 5.63. The molecule has 3 aromatic heterocycles. The minimum atomic E-state index is -0.213. The van der Waals surface area contributed by atoms with Gasteiger partial charge in [0, 0.05) is 53.3 Å². The third-order valence-corrected chi connectivity index (χ3v) is 6.19. The number of nitrogens with one attached hydrogen (secondary N) is 2. The molecule has 2 N–H and O–H groups in total. The van der Waals surface area contributed by atoms with E-state index in [9.17, 15) is 4.79 Å². The lowest BCUT2D eigenvalue weighted by molar-refractivity contribution is 0.102. The molecule has 1 amide bonds. The summed E-state index contributed by atoms with van der Waals surface area (Å²) in [6, 6.07) is 11.9. The van der Waals surface area contributed by atoms with Crippen LogP contribution in [0.2, 0.25) is 0 Å². The van der Waals surface area contributed by atoms with Gasteiger partial charge in [0.05, 0.1) is 11.7 Å². The predicted molar refractivity (Wildman–Crippen MR) is 127 cm³/mol. The monoisotopic (exact) mass is 439 g/mol. The normalized spacial score (nSPS) is 16.2. The highest BCUT2D eigenvalue weighted by Gasteiger charge is 2.20. The number of aromatic nitrogens is 4. The lowest BCUT2D eigenvalue weighted by atomic mass is 10.1. The van der Waals surface area contributed by atoms with E-state index in [1.165, 1.54) is 18.5 Å². The summed E-state index contributed by atoms with van der Waals surface area (Å²) in [5.74, 6) is 0.301. The van der Waals surface area contributed by atoms with E-state index in [2.05, 4.69) is 43.1 Å². The van der Waals surface area contributed by atoms with Crippen molar-refractivity contribution >= 4 is 22.6 Å². The molecular formula is C25H25N7O. The molecule has 8 nitrogen and oxygen atoms in total. The molecule has 0 bridgehead atoms. The van der Waals surface area contributed by atoms with Crippen molar-refractivity contribution in [2.45, 2.75) is 39.0 Å². The molecule has 0 unspecified atom stereocenters. The van der Waals surface area contributed by atoms with Crippen LogP contribution in [-0.2, 0) is 13.2 Å². The van der Waals surface area contributed by atoms with Crippen LogP contribution in [0.3, 0.4) is 0 Å². The second-order valence-corrected chi connectivity index (χ2v) is 8.51. The van der Waals surface area contributed by atoms with Crippen LogP contribution in [0.4, 0.5) is 5.82 Å². The molecule has 8 heteroatoms. The van der Waals surface area contributed by atoms with Crippen molar-refractivity contribution < 1.29 is 4.79 Å². The number of carbonyl (C=O) groups is 1. The number of aromatic amines is 1. The molecular weight excluding hydrogens is 414 g/mol. The number of rotatable bonds is 6. The Labute approximate surface area is 192 Å². The Morgan fingerprint density at radius 2 is 2.09 bits per heavy atom. The molecule has 0 radical (unpaired) electrons. The maximum atomic E-state index is 12.7. The molecule has 33 heavy (non-hydrogen) atoms. The molecule has 1 aliphatic rings. The van der Waals surface area contributed by atoms with E-state index in [-0.39, 0.29) is 12.6 Å². The van der Waals surface area contributed by atoms with Gasteiger partial charge in [-0.3, -0.25) is 14.5 Å². The average Bonchev–Trinajstić information content (AvgIpc) is 3.54. The third-order valence-electron chi connectivity index (χ3n) is 6.19. The second-order valence-electron chi connectivity index (χ2n) is 8.51. The summed E-state index contributed by atoms with van der Waals surface area (Å²) < 4.78 is 1.59. The smallest absolute Gasteiger partial charge is 0.307 e. The van der Waals surface area contributed by atoms with E-state index in [1.54, 1.807) is 29.2 Å². The number of nitrogens with zero attached hydrogens (tertiary/aromatic N) is 5. The Morgan fingerprint density at radius 1 is 1.24 bits per heavy atom. The van der Waals surface area contributed by atoms with Crippen LogP contribution < -0.4 is 5.32 Å². The average molecular weight is 440 g/mol. The Balaban J connectivity index is 1.26. The topological polar surface area (TPSA) is 83.2 Å². The summed E-state index contributed by atoms with van der Waals surface area (Å²) in [5, 5.41) is 8.09. The van der Waals surface area contributed by atoms with Crippen molar-refractivity contribution in [1.82, 2.24) is 24.6 Å². The van der Waals surface area contributed by atoms with Crippen molar-refractivity contribution in [1.29, 1.82) is 0 Å². The maximum absolute atomic E-state index is 12.7. The van der Waals surface area contributed by atoms with Gasteiger partial charge in [0.25, 0.3) is 5.91 Å². The van der Waals surface area contributed by atoms with Gasteiger partial charge in [-0.25, -0.2) is 16.2 Å². The molecule has 1 aromatic carbocycles. The lowest BCUT2D eigenvalue weighted by Gasteiger charge is -2.19. The minimum absolute atomic E-state index is 0.192. The molecule has 5 rings (SSSR count). The van der Waals surface area contributed by atoms with Crippen LogP contribution in [0.25, 0.3) is 26.9 Å². The van der Waals surface area contributed by atoms with Gasteiger partial charge in [0.1, 0.15) is 5.82 Å². The van der Waals surface area contributed by atoms with Crippen molar-refractivity contribution in [3.05, 3.63) is 77.7 Å². The lowest BCUT2D eigenvalue weighted by Crippen LogP contribution is -2.26. The molecule has 0 spiro atoms. The highest BCUT2D eigenvalue weighted by molar-refractivity contribution is 6.04. The highest BCUT2D eigenvalue weighted by Crippen LogP contribution is 2.23. The first kappa shape index (κ1) is 20.9. The first-order valence-corrected chi connectivity index (χ1v) is 11.1. The number of anilines is 1. The third kappa shape index (κ3) is 4.49. The molecule has 1 saturated heterocycles. The van der Waals surface area contributed by atoms with Crippen LogP contribution in [0.1, 0.15) is 35.8 Å². The predicted octanol–water partition coefficient (Wildman–Crippen LogP) is 4.54. The summed E-state index contributed by atoms with van der Waals surface area (Å²) in [5.41, 5.74) is 4.52. The van der Waals surface area contributed by atoms with Gasteiger partial charge >= 0.3 is 6.67 Å². The first-order valence-electron chi connectivity index (χ1n) is 11.1. The van der Waals surface area contributed by atoms with E-state index in [1.807, 2.05) is 24.4 Å². The standard InChI is InChI=1S/C25H25N7O/c1-17-4-3-9-31(17)15-22-10-20-12-27-24(11-23(20)29-22)30-25(33)19-7-5-18(6-8-19)21-13-28-32(14-21)16-26-2/h5-8,10-14,17,29H,3-4,9,15-16H2,1H3,(H,27,30,33)/t17-/m0/s1. The van der Waals surface area contributed by atoms with Gasteiger partial charge in [-0.05, 0) is 50.1 Å². The fraction of sp³-hybridized carbons (Fsp3) is 0.280. The summed E-state index contributed by atoms with van der Waals surface area (Å²) in [6.45, 7) is 11.4. The van der Waals surface area contributed by atoms with E-state index in [4.69, 9.17) is 6.57 Å². The van der Waals surface area contributed by atoms with E-state index < -0.39 is 0 Å². The number of amides is 1. The van der Waals surface area contributed by atoms with Crippen LogP contribution >= 0.6 is 0 Å². The first-order chi connectivity index (χ1) is 16.1. The summed E-state index contributed by atoms with van der Waals surface area (Å²) in [4.78, 5) is 26.4. The van der Waals surface area contributed by atoms with Gasteiger partial charge in [0.2, 0.25) is 0 Å². The molecule has 4 aromatic rings. The van der Waals surface area contributed by atoms with Crippen LogP contribution in [0, 0.1) is 6.57 Å². The molecule has 4 heterocycles. The van der Waals surface area contributed by atoms with Crippen molar-refractivity contribution in [2.24, 2.45) is 0 Å². The van der Waals surface area contributed by atoms with Crippen LogP contribution in [0.5, 0.6) is 0 Å². The summed E-state index contributed by atoms with van der Waals surface area (Å²) in [6.07, 6.45) is 7.84. The zero-order valence-corrected chi connectivity index (χ0v) is 18.5. The number of likely N-dealkylation sites (tertiary alicyclic amines) is 1. The quantitative estimate of drug-likeness (QED) is 0.432. The Hall–Kier alpha value is -3.96. The van der Waals surface area contributed by atoms with Crippen molar-refractivity contribution in [2.75, 3.05) is 11.9 Å². The fourth-order valence-corrected chi connectivity index (χ4v) is 4.35. The summed E-state index contributed by atoms with van der Waals surface area (Å²) in [7, 11) is 0. The zero-order valence-electron chi connectivity index (χ0n) is 18.5. The number of pyridine rings is 1. The fourth-order valence-electron chi connectivity index (χ4n) is 4.35. The number of fused-ring (bicyclic) bond motifs is 1. The SMILES string of the molecule is [C-]#[N+]Cn1cc(-c2ccc(C(=O)Nc3cc4[nH]c(CN5CCC[C@@H]5C)cc4cn3)cc2)cn1. The van der Waals surface area contributed by atoms with Crippen LogP contribution in [0.15, 0.2) is 55.0 Å². The van der Waals surface area contributed by atoms with Crippen molar-refractivity contribution in [3.8, 4) is 11.1 Å². The molecule has 1 atom stereocenters. The molecule has 1 fully saturated rings. The summed E-state index contributed by atoms with van der Waals surface area (Å²) >= 11 is 0. The minimum Gasteiger partial charge on any atom is -0.357 e. The van der Waals surface area contributed by atoms with Gasteiger partial charge in [0.15, 0.2) is 0 Å². The van der Waals surface area contributed by atoms with E-state index in [0.29, 0.717) is 17.4 Å². The molecule has 0 aliphatic carbocycles. The number of benzene rings is 1. The van der Waals surface area contributed by atoms with Gasteiger partial charge in [-0.2, -0.15) is 5.10 Å². The van der Waals surface area contributed by atoms with Crippen LogP contribution in [-0.4, -0.2) is 43.1 Å². The Bertz CT molecular complexity index is 1330. The molecule has 0 saturated carbocycles. The second kappa shape index (κ2) is 8.88. The maximum Gasteiger partial charge on any atom is 0.307 e. The number of hydrogen-bond donors (Lipinski definition) is 2. The zero-order chi connectivity index (χ0) is 22.8. The largest absolute Gasteiger partial charge is 0.357 e. The number of hydrogen-bond acceptors (Lipinski definition) is 4. The van der Waals surface area contributed by atoms with E-state index >= 15 is 0 Å². The van der Waals surface area contributed by atoms with Gasteiger partial charge in [-0.15, -0.1) is 0 Å². The van der Waals surface area contributed by atoms with E-state index in [0.717, 1.165) is 35.1 Å². The highest BCUT2D eigenvalue weighted by atomic mass is 16.1.